The van der Waals surface area contributed by atoms with Crippen molar-refractivity contribution in [1.29, 1.82) is 0 Å². The van der Waals surface area contributed by atoms with Crippen LogP contribution in [0.25, 0.3) is 0 Å². The summed E-state index contributed by atoms with van der Waals surface area (Å²) >= 11 is 1.72. The molecule has 0 spiro atoms. The number of hydrogen-bond acceptors (Lipinski definition) is 4. The fourth-order valence-corrected chi connectivity index (χ4v) is 2.35. The fourth-order valence-electron chi connectivity index (χ4n) is 1.27. The summed E-state index contributed by atoms with van der Waals surface area (Å²) in [5.74, 6) is 0. The molecule has 3 nitrogen and oxygen atoms in total. The molecule has 1 aromatic heterocycles. The number of hydrogen-bond donors (Lipinski definition) is 1. The van der Waals surface area contributed by atoms with E-state index in [0.29, 0.717) is 6.54 Å². The molecule has 13 heavy (non-hydrogen) atoms. The molecule has 0 aliphatic heterocycles. The molecular formula is C9H16N2OS. The zero-order chi connectivity index (χ0) is 9.84. The summed E-state index contributed by atoms with van der Waals surface area (Å²) in [7, 11) is 3.56. The Morgan fingerprint density at radius 3 is 2.77 bits per heavy atom. The van der Waals surface area contributed by atoms with Gasteiger partial charge in [-0.3, -0.25) is 0 Å². The highest BCUT2D eigenvalue weighted by Crippen LogP contribution is 2.26. The van der Waals surface area contributed by atoms with Gasteiger partial charge >= 0.3 is 0 Å². The van der Waals surface area contributed by atoms with E-state index in [0.717, 1.165) is 0 Å². The van der Waals surface area contributed by atoms with Crippen LogP contribution < -0.4 is 5.73 Å². The summed E-state index contributed by atoms with van der Waals surface area (Å²) in [5, 5.41) is 3.87. The van der Waals surface area contributed by atoms with Crippen LogP contribution in [0.2, 0.25) is 0 Å². The Kier molecular flexibility index (Phi) is 3.87. The Morgan fingerprint density at radius 1 is 1.69 bits per heavy atom. The Labute approximate surface area is 83.1 Å². The molecule has 0 amide bonds. The standard InChI is InChI=1S/C9H16N2OS/c1-7-4-5-13-9(7)8(6-10)11(2)12-3/h4-5,8H,6,10H2,1-3H3. The molecule has 0 aliphatic carbocycles. The van der Waals surface area contributed by atoms with Crippen molar-refractivity contribution >= 4 is 11.3 Å². The lowest BCUT2D eigenvalue weighted by atomic mass is 10.1. The van der Waals surface area contributed by atoms with Gasteiger partial charge in [-0.1, -0.05) is 0 Å². The zero-order valence-electron chi connectivity index (χ0n) is 8.28. The highest BCUT2D eigenvalue weighted by atomic mass is 32.1. The minimum Gasteiger partial charge on any atom is -0.328 e. The third-order valence-corrected chi connectivity index (χ3v) is 3.27. The smallest absolute Gasteiger partial charge is 0.0816 e. The monoisotopic (exact) mass is 200 g/mol. The van der Waals surface area contributed by atoms with Crippen molar-refractivity contribution in [2.75, 3.05) is 20.7 Å². The molecule has 1 rings (SSSR count). The van der Waals surface area contributed by atoms with Gasteiger partial charge in [-0.05, 0) is 23.9 Å². The van der Waals surface area contributed by atoms with Crippen LogP contribution in [-0.4, -0.2) is 25.8 Å². The molecule has 1 heterocycles. The predicted molar refractivity (Wildman–Crippen MR) is 55.6 cm³/mol. The number of rotatable bonds is 4. The number of thiophene rings is 1. The SMILES string of the molecule is CON(C)C(CN)c1sccc1C. The van der Waals surface area contributed by atoms with E-state index < -0.39 is 0 Å². The quantitative estimate of drug-likeness (QED) is 0.749. The Morgan fingerprint density at radius 2 is 2.38 bits per heavy atom. The van der Waals surface area contributed by atoms with Gasteiger partial charge in [0.15, 0.2) is 0 Å². The average molecular weight is 200 g/mol. The number of aryl methyl sites for hydroxylation is 1. The van der Waals surface area contributed by atoms with E-state index in [9.17, 15) is 0 Å². The summed E-state index contributed by atoms with van der Waals surface area (Å²) < 4.78 is 0. The van der Waals surface area contributed by atoms with Crippen molar-refractivity contribution < 1.29 is 4.84 Å². The van der Waals surface area contributed by atoms with Crippen molar-refractivity contribution in [3.8, 4) is 0 Å². The maximum Gasteiger partial charge on any atom is 0.0816 e. The van der Waals surface area contributed by atoms with Crippen molar-refractivity contribution in [3.63, 3.8) is 0 Å². The summed E-state index contributed by atoms with van der Waals surface area (Å²) in [5.41, 5.74) is 6.98. The Bertz CT molecular complexity index is 262. The maximum atomic E-state index is 5.69. The molecule has 2 N–H and O–H groups in total. The number of likely N-dealkylation sites (N-methyl/N-ethyl adjacent to an activating group) is 1. The molecule has 0 fully saturated rings. The van der Waals surface area contributed by atoms with E-state index in [1.165, 1.54) is 10.4 Å². The van der Waals surface area contributed by atoms with Gasteiger partial charge in [-0.25, -0.2) is 0 Å². The van der Waals surface area contributed by atoms with Gasteiger partial charge in [0.1, 0.15) is 0 Å². The van der Waals surface area contributed by atoms with Crippen LogP contribution in [0.15, 0.2) is 11.4 Å². The van der Waals surface area contributed by atoms with Gasteiger partial charge in [0, 0.05) is 18.5 Å². The van der Waals surface area contributed by atoms with Crippen molar-refractivity contribution in [1.82, 2.24) is 5.06 Å². The van der Waals surface area contributed by atoms with Crippen molar-refractivity contribution in [3.05, 3.63) is 21.9 Å². The molecule has 1 aromatic rings. The van der Waals surface area contributed by atoms with E-state index in [1.807, 2.05) is 7.05 Å². The number of nitrogens with two attached hydrogens (primary N) is 1. The van der Waals surface area contributed by atoms with Gasteiger partial charge in [0.2, 0.25) is 0 Å². The van der Waals surface area contributed by atoms with E-state index in [-0.39, 0.29) is 6.04 Å². The molecule has 0 saturated heterocycles. The average Bonchev–Trinajstić information content (AvgIpc) is 2.53. The first-order valence-electron chi connectivity index (χ1n) is 4.21. The van der Waals surface area contributed by atoms with Gasteiger partial charge in [-0.2, -0.15) is 5.06 Å². The van der Waals surface area contributed by atoms with Crippen LogP contribution in [0.1, 0.15) is 16.5 Å². The minimum absolute atomic E-state index is 0.171. The second kappa shape index (κ2) is 4.72. The normalized spacial score (nSPS) is 13.6. The molecule has 0 bridgehead atoms. The fraction of sp³-hybridized carbons (Fsp3) is 0.556. The first kappa shape index (κ1) is 10.7. The Balaban J connectivity index is 2.84. The molecule has 74 valence electrons. The van der Waals surface area contributed by atoms with E-state index >= 15 is 0 Å². The van der Waals surface area contributed by atoms with Crippen LogP contribution in [0, 0.1) is 6.92 Å². The number of hydroxylamine groups is 2. The van der Waals surface area contributed by atoms with E-state index in [2.05, 4.69) is 18.4 Å². The summed E-state index contributed by atoms with van der Waals surface area (Å²) in [6.45, 7) is 2.67. The topological polar surface area (TPSA) is 38.5 Å². The molecule has 0 saturated carbocycles. The van der Waals surface area contributed by atoms with Crippen molar-refractivity contribution in [2.24, 2.45) is 5.73 Å². The predicted octanol–water partition coefficient (Wildman–Crippen LogP) is 1.55. The molecule has 0 aliphatic rings. The second-order valence-electron chi connectivity index (χ2n) is 2.95. The Hall–Kier alpha value is -0.420. The molecular weight excluding hydrogens is 184 g/mol. The molecule has 4 heteroatoms. The molecule has 1 atom stereocenters. The highest BCUT2D eigenvalue weighted by molar-refractivity contribution is 7.10. The lowest BCUT2D eigenvalue weighted by Crippen LogP contribution is -2.29. The lowest BCUT2D eigenvalue weighted by molar-refractivity contribution is -0.139. The molecule has 1 unspecified atom stereocenters. The van der Waals surface area contributed by atoms with Crippen molar-refractivity contribution in [2.45, 2.75) is 13.0 Å². The van der Waals surface area contributed by atoms with Gasteiger partial charge in [0.25, 0.3) is 0 Å². The first-order chi connectivity index (χ1) is 6.20. The molecule has 0 radical (unpaired) electrons. The van der Waals surface area contributed by atoms with Crippen LogP contribution >= 0.6 is 11.3 Å². The van der Waals surface area contributed by atoms with Gasteiger partial charge < -0.3 is 10.6 Å². The van der Waals surface area contributed by atoms with E-state index in [4.69, 9.17) is 10.6 Å². The van der Waals surface area contributed by atoms with Crippen LogP contribution in [0.3, 0.4) is 0 Å². The molecule has 0 aromatic carbocycles. The maximum absolute atomic E-state index is 5.69. The van der Waals surface area contributed by atoms with Crippen LogP contribution in [0.4, 0.5) is 0 Å². The van der Waals surface area contributed by atoms with Crippen LogP contribution in [0.5, 0.6) is 0 Å². The third-order valence-electron chi connectivity index (χ3n) is 2.15. The minimum atomic E-state index is 0.171. The highest BCUT2D eigenvalue weighted by Gasteiger charge is 2.18. The summed E-state index contributed by atoms with van der Waals surface area (Å²) in [6, 6.07) is 2.27. The van der Waals surface area contributed by atoms with Crippen LogP contribution in [-0.2, 0) is 4.84 Å². The van der Waals surface area contributed by atoms with Gasteiger partial charge in [0.05, 0.1) is 13.2 Å². The lowest BCUT2D eigenvalue weighted by Gasteiger charge is -2.24. The first-order valence-corrected chi connectivity index (χ1v) is 5.09. The second-order valence-corrected chi connectivity index (χ2v) is 3.90. The third kappa shape index (κ3) is 2.28. The van der Waals surface area contributed by atoms with Gasteiger partial charge in [-0.15, -0.1) is 11.3 Å². The zero-order valence-corrected chi connectivity index (χ0v) is 9.10. The largest absolute Gasteiger partial charge is 0.328 e. The number of nitrogens with zero attached hydrogens (tertiary/aromatic N) is 1. The summed E-state index contributed by atoms with van der Waals surface area (Å²) in [6.07, 6.45) is 0. The summed E-state index contributed by atoms with van der Waals surface area (Å²) in [4.78, 5) is 6.43. The van der Waals surface area contributed by atoms with E-state index in [1.54, 1.807) is 23.5 Å².